The molecule has 0 radical (unpaired) electrons. The van der Waals surface area contributed by atoms with Crippen LogP contribution in [0.25, 0.3) is 0 Å². The number of thiophene rings is 1. The number of rotatable bonds is 6. The molecular weight excluding hydrogens is 260 g/mol. The zero-order valence-electron chi connectivity index (χ0n) is 11.0. The Labute approximate surface area is 116 Å². The lowest BCUT2D eigenvalue weighted by Crippen LogP contribution is -1.96. The first-order chi connectivity index (χ1) is 9.26. The van der Waals surface area contributed by atoms with Gasteiger partial charge in [0.15, 0.2) is 6.29 Å². The third-order valence-corrected chi connectivity index (χ3v) is 4.05. The molecule has 0 aliphatic carbocycles. The van der Waals surface area contributed by atoms with E-state index in [0.717, 1.165) is 34.6 Å². The van der Waals surface area contributed by atoms with Crippen molar-refractivity contribution < 1.29 is 14.3 Å². The Balaban J connectivity index is 2.04. The number of hydrogen-bond donors (Lipinski definition) is 0. The van der Waals surface area contributed by atoms with Crippen molar-refractivity contribution in [2.24, 2.45) is 0 Å². The molecule has 0 aliphatic heterocycles. The molecule has 1 aromatic carbocycles. The molecule has 0 aliphatic rings. The van der Waals surface area contributed by atoms with Gasteiger partial charge in [0.25, 0.3) is 0 Å². The second kappa shape index (κ2) is 6.38. The highest BCUT2D eigenvalue weighted by molar-refractivity contribution is 7.13. The van der Waals surface area contributed by atoms with Crippen LogP contribution in [0.2, 0.25) is 0 Å². The number of carbonyl (C=O) groups excluding carboxylic acids is 1. The lowest BCUT2D eigenvalue weighted by molar-refractivity contribution is 0.112. The molecule has 100 valence electrons. The molecule has 19 heavy (non-hydrogen) atoms. The van der Waals surface area contributed by atoms with Crippen LogP contribution in [0.1, 0.15) is 27.0 Å². The minimum atomic E-state index is 0.486. The third-order valence-electron chi connectivity index (χ3n) is 2.81. The topological polar surface area (TPSA) is 35.5 Å². The zero-order valence-corrected chi connectivity index (χ0v) is 11.8. The summed E-state index contributed by atoms with van der Waals surface area (Å²) < 4.78 is 10.8. The minimum absolute atomic E-state index is 0.486. The summed E-state index contributed by atoms with van der Waals surface area (Å²) in [5.74, 6) is 1.60. The average molecular weight is 276 g/mol. The maximum Gasteiger partial charge on any atom is 0.160 e. The van der Waals surface area contributed by atoms with Crippen LogP contribution in [0.3, 0.4) is 0 Å². The standard InChI is InChI=1S/C15H16O3S/c1-3-15-11(8-14(9-16)19-15)10-18-13-6-4-12(17-2)5-7-13/h4-9H,3,10H2,1-2H3. The predicted molar refractivity (Wildman–Crippen MR) is 76.4 cm³/mol. The number of ether oxygens (including phenoxy) is 2. The van der Waals surface area contributed by atoms with Crippen molar-refractivity contribution in [1.29, 1.82) is 0 Å². The largest absolute Gasteiger partial charge is 0.497 e. The number of methoxy groups -OCH3 is 1. The van der Waals surface area contributed by atoms with Crippen LogP contribution in [0.4, 0.5) is 0 Å². The fraction of sp³-hybridized carbons (Fsp3) is 0.267. The van der Waals surface area contributed by atoms with Crippen molar-refractivity contribution in [3.05, 3.63) is 45.6 Å². The van der Waals surface area contributed by atoms with Crippen molar-refractivity contribution in [1.82, 2.24) is 0 Å². The number of benzene rings is 1. The molecule has 1 heterocycles. The van der Waals surface area contributed by atoms with Gasteiger partial charge in [-0.1, -0.05) is 6.92 Å². The van der Waals surface area contributed by atoms with Gasteiger partial charge in [0, 0.05) is 10.4 Å². The molecule has 0 atom stereocenters. The van der Waals surface area contributed by atoms with E-state index < -0.39 is 0 Å². The van der Waals surface area contributed by atoms with Gasteiger partial charge in [-0.15, -0.1) is 11.3 Å². The maximum absolute atomic E-state index is 10.8. The van der Waals surface area contributed by atoms with Crippen molar-refractivity contribution >= 4 is 17.6 Å². The highest BCUT2D eigenvalue weighted by Gasteiger charge is 2.08. The van der Waals surface area contributed by atoms with Crippen LogP contribution in [0.5, 0.6) is 11.5 Å². The van der Waals surface area contributed by atoms with Crippen LogP contribution in [0, 0.1) is 0 Å². The zero-order chi connectivity index (χ0) is 13.7. The first-order valence-corrected chi connectivity index (χ1v) is 6.92. The monoisotopic (exact) mass is 276 g/mol. The molecule has 0 amide bonds. The van der Waals surface area contributed by atoms with E-state index in [4.69, 9.17) is 9.47 Å². The van der Waals surface area contributed by atoms with E-state index in [-0.39, 0.29) is 0 Å². The second-order valence-corrected chi connectivity index (χ2v) is 5.20. The van der Waals surface area contributed by atoms with Gasteiger partial charge in [-0.05, 0) is 36.8 Å². The lowest BCUT2D eigenvalue weighted by atomic mass is 10.2. The van der Waals surface area contributed by atoms with Crippen molar-refractivity contribution in [2.45, 2.75) is 20.0 Å². The molecular formula is C15H16O3S. The summed E-state index contributed by atoms with van der Waals surface area (Å²) in [5.41, 5.74) is 1.09. The van der Waals surface area contributed by atoms with Crippen molar-refractivity contribution in [3.8, 4) is 11.5 Å². The van der Waals surface area contributed by atoms with E-state index in [9.17, 15) is 4.79 Å². The average Bonchev–Trinajstić information content (AvgIpc) is 2.88. The summed E-state index contributed by atoms with van der Waals surface area (Å²) in [4.78, 5) is 12.7. The Morgan fingerprint density at radius 2 is 1.89 bits per heavy atom. The molecule has 1 aromatic heterocycles. The quantitative estimate of drug-likeness (QED) is 0.754. The summed E-state index contributed by atoms with van der Waals surface area (Å²) in [7, 11) is 1.63. The lowest BCUT2D eigenvalue weighted by Gasteiger charge is -2.07. The van der Waals surface area contributed by atoms with Gasteiger partial charge < -0.3 is 9.47 Å². The summed E-state index contributed by atoms with van der Waals surface area (Å²) in [5, 5.41) is 0. The Morgan fingerprint density at radius 1 is 1.21 bits per heavy atom. The van der Waals surface area contributed by atoms with E-state index in [2.05, 4.69) is 6.92 Å². The highest BCUT2D eigenvalue weighted by atomic mass is 32.1. The Bertz CT molecular complexity index is 543. The molecule has 4 heteroatoms. The Morgan fingerprint density at radius 3 is 2.47 bits per heavy atom. The minimum Gasteiger partial charge on any atom is -0.497 e. The van der Waals surface area contributed by atoms with E-state index in [1.165, 1.54) is 16.2 Å². The van der Waals surface area contributed by atoms with Gasteiger partial charge in [0.05, 0.1) is 12.0 Å². The molecule has 3 nitrogen and oxygen atoms in total. The summed E-state index contributed by atoms with van der Waals surface area (Å²) in [6, 6.07) is 9.37. The first kappa shape index (κ1) is 13.6. The van der Waals surface area contributed by atoms with Crippen LogP contribution >= 0.6 is 11.3 Å². The normalized spacial score (nSPS) is 10.2. The van der Waals surface area contributed by atoms with Crippen molar-refractivity contribution in [3.63, 3.8) is 0 Å². The number of aryl methyl sites for hydroxylation is 1. The molecule has 0 saturated carbocycles. The fourth-order valence-corrected chi connectivity index (χ4v) is 2.73. The van der Waals surface area contributed by atoms with Gasteiger partial charge >= 0.3 is 0 Å². The molecule has 2 rings (SSSR count). The highest BCUT2D eigenvalue weighted by Crippen LogP contribution is 2.24. The first-order valence-electron chi connectivity index (χ1n) is 6.10. The van der Waals surface area contributed by atoms with E-state index in [0.29, 0.717) is 6.61 Å². The molecule has 2 aromatic rings. The predicted octanol–water partition coefficient (Wildman–Crippen LogP) is 3.71. The Kier molecular flexibility index (Phi) is 4.58. The van der Waals surface area contributed by atoms with Gasteiger partial charge in [-0.25, -0.2) is 0 Å². The van der Waals surface area contributed by atoms with E-state index in [1.807, 2.05) is 30.3 Å². The second-order valence-electron chi connectivity index (χ2n) is 4.03. The van der Waals surface area contributed by atoms with Gasteiger partial charge in [0.2, 0.25) is 0 Å². The smallest absolute Gasteiger partial charge is 0.160 e. The Hall–Kier alpha value is -1.81. The number of aldehydes is 1. The number of carbonyl (C=O) groups is 1. The van der Waals surface area contributed by atoms with Gasteiger partial charge in [0.1, 0.15) is 18.1 Å². The van der Waals surface area contributed by atoms with E-state index >= 15 is 0 Å². The summed E-state index contributed by atoms with van der Waals surface area (Å²) >= 11 is 1.53. The van der Waals surface area contributed by atoms with Crippen LogP contribution < -0.4 is 9.47 Å². The molecule has 0 saturated heterocycles. The molecule has 0 unspecified atom stereocenters. The van der Waals surface area contributed by atoms with Crippen LogP contribution in [-0.4, -0.2) is 13.4 Å². The third kappa shape index (κ3) is 3.35. The van der Waals surface area contributed by atoms with Crippen LogP contribution in [-0.2, 0) is 13.0 Å². The van der Waals surface area contributed by atoms with Crippen LogP contribution in [0.15, 0.2) is 30.3 Å². The summed E-state index contributed by atoms with van der Waals surface area (Å²) in [6.07, 6.45) is 1.81. The van der Waals surface area contributed by atoms with Crippen molar-refractivity contribution in [2.75, 3.05) is 7.11 Å². The summed E-state index contributed by atoms with van der Waals surface area (Å²) in [6.45, 7) is 2.57. The van der Waals surface area contributed by atoms with E-state index in [1.54, 1.807) is 7.11 Å². The SMILES string of the molecule is CCc1sc(C=O)cc1COc1ccc(OC)cc1. The molecule has 0 spiro atoms. The molecule has 0 fully saturated rings. The molecule has 0 N–H and O–H groups in total. The van der Waals surface area contributed by atoms with Gasteiger partial charge in [-0.3, -0.25) is 4.79 Å². The van der Waals surface area contributed by atoms with Gasteiger partial charge in [-0.2, -0.15) is 0 Å². The molecule has 0 bridgehead atoms. The fourth-order valence-electron chi connectivity index (χ4n) is 1.80. The maximum atomic E-state index is 10.8. The number of hydrogen-bond acceptors (Lipinski definition) is 4.